The zero-order chi connectivity index (χ0) is 13.0. The van der Waals surface area contributed by atoms with Gasteiger partial charge < -0.3 is 10.5 Å². The van der Waals surface area contributed by atoms with E-state index in [1.54, 1.807) is 18.6 Å². The molecule has 0 saturated carbocycles. The van der Waals surface area contributed by atoms with Gasteiger partial charge in [-0.15, -0.1) is 0 Å². The summed E-state index contributed by atoms with van der Waals surface area (Å²) >= 11 is 0. The molecule has 0 aliphatic carbocycles. The van der Waals surface area contributed by atoms with E-state index in [0.29, 0.717) is 12.4 Å². The lowest BCUT2D eigenvalue weighted by molar-refractivity contribution is 0.100. The second-order valence-corrected chi connectivity index (χ2v) is 4.53. The zero-order valence-electron chi connectivity index (χ0n) is 10.6. The van der Waals surface area contributed by atoms with E-state index in [4.69, 9.17) is 10.5 Å². The van der Waals surface area contributed by atoms with Gasteiger partial charge in [0.15, 0.2) is 0 Å². The minimum absolute atomic E-state index is 0.409. The normalized spacial score (nSPS) is 11.3. The lowest BCUT2D eigenvalue weighted by Crippen LogP contribution is -2.26. The fourth-order valence-corrected chi connectivity index (χ4v) is 1.69. The van der Waals surface area contributed by atoms with Gasteiger partial charge >= 0.3 is 0 Å². The lowest BCUT2D eigenvalue weighted by atomic mass is 10.0. The van der Waals surface area contributed by atoms with Crippen LogP contribution in [0.25, 0.3) is 0 Å². The summed E-state index contributed by atoms with van der Waals surface area (Å²) in [5, 5.41) is 0. The van der Waals surface area contributed by atoms with Gasteiger partial charge in [-0.2, -0.15) is 0 Å². The number of ether oxygens (including phenoxy) is 1. The molecule has 2 aromatic rings. The van der Waals surface area contributed by atoms with Gasteiger partial charge in [-0.05, 0) is 26.0 Å². The molecule has 0 atom stereocenters. The predicted molar refractivity (Wildman–Crippen MR) is 70.0 cm³/mol. The minimum atomic E-state index is -0.494. The van der Waals surface area contributed by atoms with Crippen LogP contribution in [0.3, 0.4) is 0 Å². The van der Waals surface area contributed by atoms with Crippen LogP contribution in [-0.2, 0) is 12.1 Å². The first-order valence-corrected chi connectivity index (χ1v) is 5.87. The Morgan fingerprint density at radius 3 is 2.67 bits per heavy atom. The molecule has 4 nitrogen and oxygen atoms in total. The number of rotatable bonds is 4. The molecular formula is C14H17N3O. The van der Waals surface area contributed by atoms with E-state index in [1.807, 2.05) is 38.1 Å². The largest absolute Gasteiger partial charge is 0.466 e. The Hall–Kier alpha value is -1.94. The maximum absolute atomic E-state index is 5.98. The van der Waals surface area contributed by atoms with Gasteiger partial charge in [0.1, 0.15) is 5.60 Å². The van der Waals surface area contributed by atoms with E-state index in [1.165, 1.54) is 0 Å². The highest BCUT2D eigenvalue weighted by atomic mass is 16.5. The Morgan fingerprint density at radius 1 is 1.22 bits per heavy atom. The molecule has 18 heavy (non-hydrogen) atoms. The third-order valence-corrected chi connectivity index (χ3v) is 2.78. The molecule has 0 amide bonds. The summed E-state index contributed by atoms with van der Waals surface area (Å²) in [5.41, 5.74) is 7.08. The van der Waals surface area contributed by atoms with Crippen molar-refractivity contribution in [2.24, 2.45) is 5.73 Å². The van der Waals surface area contributed by atoms with Crippen molar-refractivity contribution < 1.29 is 4.74 Å². The molecule has 0 unspecified atom stereocenters. The van der Waals surface area contributed by atoms with Gasteiger partial charge in [0.25, 0.3) is 0 Å². The molecule has 0 bridgehead atoms. The number of hydrogen-bond donors (Lipinski definition) is 1. The van der Waals surface area contributed by atoms with Gasteiger partial charge in [0, 0.05) is 36.3 Å². The summed E-state index contributed by atoms with van der Waals surface area (Å²) in [7, 11) is 0. The lowest BCUT2D eigenvalue weighted by Gasteiger charge is -2.26. The van der Waals surface area contributed by atoms with Gasteiger partial charge in [-0.3, -0.25) is 4.98 Å². The fraction of sp³-hybridized carbons (Fsp3) is 0.286. The van der Waals surface area contributed by atoms with E-state index in [9.17, 15) is 0 Å². The van der Waals surface area contributed by atoms with E-state index < -0.39 is 5.60 Å². The van der Waals surface area contributed by atoms with Crippen LogP contribution in [0.15, 0.2) is 42.9 Å². The van der Waals surface area contributed by atoms with Crippen LogP contribution in [0.5, 0.6) is 5.88 Å². The Kier molecular flexibility index (Phi) is 3.58. The first kappa shape index (κ1) is 12.5. The van der Waals surface area contributed by atoms with Crippen molar-refractivity contribution in [3.05, 3.63) is 54.0 Å². The number of aromatic nitrogens is 2. The molecule has 0 saturated heterocycles. The fourth-order valence-electron chi connectivity index (χ4n) is 1.69. The molecule has 4 heteroatoms. The van der Waals surface area contributed by atoms with Crippen LogP contribution < -0.4 is 10.5 Å². The van der Waals surface area contributed by atoms with Crippen molar-refractivity contribution in [2.75, 3.05) is 0 Å². The summed E-state index contributed by atoms with van der Waals surface area (Å²) in [6.07, 6.45) is 5.24. The van der Waals surface area contributed by atoms with Crippen LogP contribution in [-0.4, -0.2) is 9.97 Å². The summed E-state index contributed by atoms with van der Waals surface area (Å²) in [5.74, 6) is 0.578. The van der Waals surface area contributed by atoms with Crippen molar-refractivity contribution in [3.63, 3.8) is 0 Å². The molecule has 0 spiro atoms. The van der Waals surface area contributed by atoms with Crippen molar-refractivity contribution in [2.45, 2.75) is 26.0 Å². The maximum atomic E-state index is 5.98. The topological polar surface area (TPSA) is 61.0 Å². The summed E-state index contributed by atoms with van der Waals surface area (Å²) in [6.45, 7) is 4.38. The third-order valence-electron chi connectivity index (χ3n) is 2.78. The van der Waals surface area contributed by atoms with E-state index >= 15 is 0 Å². The first-order valence-electron chi connectivity index (χ1n) is 5.87. The molecule has 2 aromatic heterocycles. The molecular weight excluding hydrogens is 226 g/mol. The third kappa shape index (κ3) is 2.65. The van der Waals surface area contributed by atoms with Crippen LogP contribution >= 0.6 is 0 Å². The Bertz CT molecular complexity index is 511. The highest BCUT2D eigenvalue weighted by molar-refractivity contribution is 5.27. The predicted octanol–water partition coefficient (Wildman–Crippen LogP) is 2.25. The number of pyridine rings is 2. The number of hydrogen-bond acceptors (Lipinski definition) is 4. The summed E-state index contributed by atoms with van der Waals surface area (Å²) in [6, 6.07) is 7.65. The van der Waals surface area contributed by atoms with Crippen LogP contribution in [0, 0.1) is 0 Å². The molecule has 0 fully saturated rings. The maximum Gasteiger partial charge on any atom is 0.218 e. The van der Waals surface area contributed by atoms with Crippen LogP contribution in [0.2, 0.25) is 0 Å². The molecule has 0 aliphatic heterocycles. The Morgan fingerprint density at radius 2 is 2.00 bits per heavy atom. The SMILES string of the molecule is CC(C)(Oc1ncccc1CN)c1cccnc1. The molecule has 0 aromatic carbocycles. The standard InChI is InChI=1S/C14H17N3O/c1-14(2,12-6-4-7-16-10-12)18-13-11(9-15)5-3-8-17-13/h3-8,10H,9,15H2,1-2H3. The van der Waals surface area contributed by atoms with Gasteiger partial charge in [-0.25, -0.2) is 4.98 Å². The summed E-state index contributed by atoms with van der Waals surface area (Å²) in [4.78, 5) is 8.35. The molecule has 0 aliphatic rings. The first-order chi connectivity index (χ1) is 8.63. The molecule has 0 radical (unpaired) electrons. The molecule has 2 rings (SSSR count). The Balaban J connectivity index is 2.28. The molecule has 94 valence electrons. The van der Waals surface area contributed by atoms with E-state index in [-0.39, 0.29) is 0 Å². The van der Waals surface area contributed by atoms with Crippen molar-refractivity contribution in [1.29, 1.82) is 0 Å². The summed E-state index contributed by atoms with van der Waals surface area (Å²) < 4.78 is 5.98. The highest BCUT2D eigenvalue weighted by Gasteiger charge is 2.24. The van der Waals surface area contributed by atoms with Crippen molar-refractivity contribution >= 4 is 0 Å². The monoisotopic (exact) mass is 243 g/mol. The van der Waals surface area contributed by atoms with Crippen molar-refractivity contribution in [1.82, 2.24) is 9.97 Å². The molecule has 2 N–H and O–H groups in total. The second kappa shape index (κ2) is 5.14. The van der Waals surface area contributed by atoms with Crippen molar-refractivity contribution in [3.8, 4) is 5.88 Å². The average Bonchev–Trinajstić information content (AvgIpc) is 2.40. The van der Waals surface area contributed by atoms with E-state index in [0.717, 1.165) is 11.1 Å². The Labute approximate surface area is 107 Å². The number of nitrogens with two attached hydrogens (primary N) is 1. The zero-order valence-corrected chi connectivity index (χ0v) is 10.6. The van der Waals surface area contributed by atoms with Gasteiger partial charge in [0.2, 0.25) is 5.88 Å². The quantitative estimate of drug-likeness (QED) is 0.894. The minimum Gasteiger partial charge on any atom is -0.466 e. The average molecular weight is 243 g/mol. The molecule has 2 heterocycles. The van der Waals surface area contributed by atoms with Crippen LogP contribution in [0.4, 0.5) is 0 Å². The van der Waals surface area contributed by atoms with E-state index in [2.05, 4.69) is 9.97 Å². The van der Waals surface area contributed by atoms with Crippen LogP contribution in [0.1, 0.15) is 25.0 Å². The number of nitrogens with zero attached hydrogens (tertiary/aromatic N) is 2. The highest BCUT2D eigenvalue weighted by Crippen LogP contribution is 2.27. The smallest absolute Gasteiger partial charge is 0.218 e. The van der Waals surface area contributed by atoms with Gasteiger partial charge in [-0.1, -0.05) is 12.1 Å². The second-order valence-electron chi connectivity index (χ2n) is 4.53. The van der Waals surface area contributed by atoms with Gasteiger partial charge in [0.05, 0.1) is 0 Å².